The first-order valence-corrected chi connectivity index (χ1v) is 8.68. The normalized spacial score (nSPS) is 20.6. The Kier molecular flexibility index (Phi) is 6.21. The molecule has 1 aliphatic carbocycles. The molecule has 0 spiro atoms. The summed E-state index contributed by atoms with van der Waals surface area (Å²) in [6.45, 7) is 0.270. The highest BCUT2D eigenvalue weighted by molar-refractivity contribution is 7.98. The van der Waals surface area contributed by atoms with Crippen LogP contribution in [0, 0.1) is 0 Å². The zero-order chi connectivity index (χ0) is 13.5. The average Bonchev–Trinajstić information content (AvgIpc) is 2.62. The molecular formula is C16H25NOS. The van der Waals surface area contributed by atoms with E-state index in [4.69, 9.17) is 0 Å². The molecule has 2 unspecified atom stereocenters. The molecule has 1 aromatic rings. The number of aliphatic hydroxyl groups is 1. The van der Waals surface area contributed by atoms with Crippen molar-refractivity contribution in [3.05, 3.63) is 35.4 Å². The second kappa shape index (κ2) is 7.93. The lowest BCUT2D eigenvalue weighted by Crippen LogP contribution is -2.35. The van der Waals surface area contributed by atoms with Crippen molar-refractivity contribution in [1.29, 1.82) is 0 Å². The number of aliphatic hydroxyl groups excluding tert-OH is 1. The molecule has 0 aromatic heterocycles. The lowest BCUT2D eigenvalue weighted by atomic mass is 9.98. The van der Waals surface area contributed by atoms with Gasteiger partial charge in [-0.05, 0) is 43.1 Å². The summed E-state index contributed by atoms with van der Waals surface area (Å²) < 4.78 is 0. The maximum Gasteiger partial charge on any atom is 0.0446 e. The summed E-state index contributed by atoms with van der Waals surface area (Å²) in [6, 6.07) is 9.71. The lowest BCUT2D eigenvalue weighted by molar-refractivity contribution is 0.262. The topological polar surface area (TPSA) is 32.3 Å². The molecule has 2 rings (SSSR count). The van der Waals surface area contributed by atoms with E-state index in [0.29, 0.717) is 12.1 Å². The molecule has 106 valence electrons. The Hall–Kier alpha value is -0.510. The van der Waals surface area contributed by atoms with E-state index in [2.05, 4.69) is 35.8 Å². The second-order valence-corrected chi connectivity index (χ2v) is 6.24. The van der Waals surface area contributed by atoms with Gasteiger partial charge in [0, 0.05) is 24.4 Å². The molecule has 1 aliphatic rings. The Labute approximate surface area is 121 Å². The van der Waals surface area contributed by atoms with Gasteiger partial charge in [-0.1, -0.05) is 30.7 Å². The van der Waals surface area contributed by atoms with Crippen LogP contribution in [0.5, 0.6) is 0 Å². The van der Waals surface area contributed by atoms with Gasteiger partial charge in [-0.25, -0.2) is 0 Å². The van der Waals surface area contributed by atoms with Crippen molar-refractivity contribution >= 4 is 11.8 Å². The molecule has 0 amide bonds. The van der Waals surface area contributed by atoms with Crippen molar-refractivity contribution in [2.45, 2.75) is 44.2 Å². The van der Waals surface area contributed by atoms with Gasteiger partial charge in [0.1, 0.15) is 0 Å². The van der Waals surface area contributed by atoms with Crippen LogP contribution in [0.3, 0.4) is 0 Å². The summed E-state index contributed by atoms with van der Waals surface area (Å²) in [5.41, 5.74) is 2.98. The van der Waals surface area contributed by atoms with Crippen molar-refractivity contribution in [3.8, 4) is 0 Å². The smallest absolute Gasteiger partial charge is 0.0446 e. The Morgan fingerprint density at radius 2 is 2.21 bits per heavy atom. The maximum absolute atomic E-state index is 9.19. The molecule has 0 bridgehead atoms. The van der Waals surface area contributed by atoms with E-state index in [1.165, 1.54) is 36.8 Å². The van der Waals surface area contributed by atoms with E-state index in [0.717, 1.165) is 12.2 Å². The highest BCUT2D eigenvalue weighted by atomic mass is 32.2. The van der Waals surface area contributed by atoms with Gasteiger partial charge >= 0.3 is 0 Å². The van der Waals surface area contributed by atoms with E-state index in [9.17, 15) is 5.11 Å². The summed E-state index contributed by atoms with van der Waals surface area (Å²) in [6.07, 6.45) is 7.99. The third-order valence-electron chi connectivity index (χ3n) is 3.90. The van der Waals surface area contributed by atoms with Crippen molar-refractivity contribution in [3.63, 3.8) is 0 Å². The summed E-state index contributed by atoms with van der Waals surface area (Å²) in [4.78, 5) is 0. The van der Waals surface area contributed by atoms with Crippen molar-refractivity contribution < 1.29 is 5.11 Å². The van der Waals surface area contributed by atoms with Crippen molar-refractivity contribution in [2.24, 2.45) is 0 Å². The van der Waals surface area contributed by atoms with E-state index in [1.807, 2.05) is 11.8 Å². The fourth-order valence-electron chi connectivity index (χ4n) is 2.95. The number of fused-ring (bicyclic) bond motifs is 1. The fourth-order valence-corrected chi connectivity index (χ4v) is 3.62. The zero-order valence-electron chi connectivity index (χ0n) is 11.8. The van der Waals surface area contributed by atoms with Crippen LogP contribution in [0.2, 0.25) is 0 Å². The van der Waals surface area contributed by atoms with Crippen LogP contribution < -0.4 is 5.32 Å². The Balaban J connectivity index is 2.10. The van der Waals surface area contributed by atoms with Gasteiger partial charge in [0.15, 0.2) is 0 Å². The van der Waals surface area contributed by atoms with E-state index >= 15 is 0 Å². The molecule has 1 aromatic carbocycles. The number of nitrogens with one attached hydrogen (secondary N) is 1. The van der Waals surface area contributed by atoms with Crippen molar-refractivity contribution in [2.75, 3.05) is 18.6 Å². The van der Waals surface area contributed by atoms with Gasteiger partial charge in [0.2, 0.25) is 0 Å². The van der Waals surface area contributed by atoms with Gasteiger partial charge in [0.25, 0.3) is 0 Å². The zero-order valence-corrected chi connectivity index (χ0v) is 12.6. The molecular weight excluding hydrogens is 254 g/mol. The van der Waals surface area contributed by atoms with E-state index in [1.54, 1.807) is 0 Å². The van der Waals surface area contributed by atoms with Crippen LogP contribution in [0.15, 0.2) is 24.3 Å². The van der Waals surface area contributed by atoms with Crippen LogP contribution >= 0.6 is 11.8 Å². The summed E-state index contributed by atoms with van der Waals surface area (Å²) >= 11 is 1.85. The number of benzene rings is 1. The predicted octanol–water partition coefficient (Wildman–Crippen LogP) is 3.16. The summed E-state index contributed by atoms with van der Waals surface area (Å²) in [5.74, 6) is 1.07. The van der Waals surface area contributed by atoms with Gasteiger partial charge < -0.3 is 10.4 Å². The number of hydrogen-bond donors (Lipinski definition) is 2. The van der Waals surface area contributed by atoms with Crippen LogP contribution in [0.1, 0.15) is 42.9 Å². The number of rotatable bonds is 6. The third-order valence-corrected chi connectivity index (χ3v) is 4.64. The molecule has 2 atom stereocenters. The fraction of sp³-hybridized carbons (Fsp3) is 0.625. The minimum Gasteiger partial charge on any atom is -0.396 e. The van der Waals surface area contributed by atoms with Gasteiger partial charge in [-0.3, -0.25) is 0 Å². The molecule has 0 fully saturated rings. The number of hydrogen-bond acceptors (Lipinski definition) is 3. The average molecular weight is 279 g/mol. The lowest BCUT2D eigenvalue weighted by Gasteiger charge is -2.25. The second-order valence-electron chi connectivity index (χ2n) is 5.33. The maximum atomic E-state index is 9.19. The van der Waals surface area contributed by atoms with Crippen LogP contribution in [-0.2, 0) is 6.42 Å². The SMILES string of the molecule is CSCC(CCO)NC1CCCCc2ccccc21. The Bertz CT molecular complexity index is 377. The summed E-state index contributed by atoms with van der Waals surface area (Å²) in [7, 11) is 0. The number of aryl methyl sites for hydroxylation is 1. The third kappa shape index (κ3) is 4.23. The van der Waals surface area contributed by atoms with Crippen LogP contribution in [0.25, 0.3) is 0 Å². The first-order chi connectivity index (χ1) is 9.35. The Morgan fingerprint density at radius 3 is 3.00 bits per heavy atom. The molecule has 0 aliphatic heterocycles. The van der Waals surface area contributed by atoms with E-state index < -0.39 is 0 Å². The number of thioether (sulfide) groups is 1. The van der Waals surface area contributed by atoms with Gasteiger partial charge in [0.05, 0.1) is 0 Å². The standard InChI is InChI=1S/C16H25NOS/c1-19-12-14(10-11-18)17-16-9-5-3-7-13-6-2-4-8-15(13)16/h2,4,6,8,14,16-18H,3,5,7,9-12H2,1H3. The molecule has 2 N–H and O–H groups in total. The molecule has 0 radical (unpaired) electrons. The van der Waals surface area contributed by atoms with Crippen LogP contribution in [-0.4, -0.2) is 29.8 Å². The largest absolute Gasteiger partial charge is 0.396 e. The van der Waals surface area contributed by atoms with Gasteiger partial charge in [-0.15, -0.1) is 0 Å². The molecule has 2 nitrogen and oxygen atoms in total. The quantitative estimate of drug-likeness (QED) is 0.785. The monoisotopic (exact) mass is 279 g/mol. The highest BCUT2D eigenvalue weighted by Crippen LogP contribution is 2.29. The predicted molar refractivity (Wildman–Crippen MR) is 83.7 cm³/mol. The summed E-state index contributed by atoms with van der Waals surface area (Å²) in [5, 5.41) is 13.0. The minimum absolute atomic E-state index is 0.270. The van der Waals surface area contributed by atoms with Crippen LogP contribution in [0.4, 0.5) is 0 Å². The molecule has 3 heteroatoms. The minimum atomic E-state index is 0.270. The van der Waals surface area contributed by atoms with Crippen molar-refractivity contribution in [1.82, 2.24) is 5.32 Å². The molecule has 19 heavy (non-hydrogen) atoms. The van der Waals surface area contributed by atoms with E-state index in [-0.39, 0.29) is 6.61 Å². The molecule has 0 heterocycles. The first kappa shape index (κ1) is 14.9. The first-order valence-electron chi connectivity index (χ1n) is 7.28. The molecule has 0 saturated carbocycles. The molecule has 0 saturated heterocycles. The highest BCUT2D eigenvalue weighted by Gasteiger charge is 2.20. The van der Waals surface area contributed by atoms with Gasteiger partial charge in [-0.2, -0.15) is 11.8 Å². The Morgan fingerprint density at radius 1 is 1.37 bits per heavy atom.